The number of carboxylic acid groups (broad SMARTS) is 1. The summed E-state index contributed by atoms with van der Waals surface area (Å²) < 4.78 is 0.531. The van der Waals surface area contributed by atoms with Crippen LogP contribution in [0.15, 0.2) is 22.7 Å². The number of aromatic carboxylic acids is 1. The highest BCUT2D eigenvalue weighted by Gasteiger charge is 2.28. The van der Waals surface area contributed by atoms with Crippen LogP contribution in [-0.4, -0.2) is 36.6 Å². The molecule has 1 aromatic carbocycles. The fourth-order valence-electron chi connectivity index (χ4n) is 2.54. The van der Waals surface area contributed by atoms with Gasteiger partial charge in [-0.25, -0.2) is 4.79 Å². The predicted molar refractivity (Wildman–Crippen MR) is 80.2 cm³/mol. The lowest BCUT2D eigenvalue weighted by molar-refractivity contribution is -0.122. The van der Waals surface area contributed by atoms with Crippen molar-refractivity contribution >= 4 is 33.5 Å². The lowest BCUT2D eigenvalue weighted by atomic mass is 10.00. The van der Waals surface area contributed by atoms with Gasteiger partial charge in [0.15, 0.2) is 0 Å². The van der Waals surface area contributed by atoms with Crippen molar-refractivity contribution in [1.29, 1.82) is 0 Å². The number of likely N-dealkylation sites (N-methyl/N-ethyl adjacent to an activating group) is 1. The molecule has 1 aromatic rings. The summed E-state index contributed by atoms with van der Waals surface area (Å²) in [5, 5.41) is 11.7. The second-order valence-electron chi connectivity index (χ2n) is 4.79. The highest BCUT2D eigenvalue weighted by atomic mass is 79.9. The van der Waals surface area contributed by atoms with Crippen LogP contribution >= 0.6 is 15.9 Å². The number of carbonyl (C=O) groups is 2. The summed E-state index contributed by atoms with van der Waals surface area (Å²) in [6.07, 6.45) is 2.88. The lowest BCUT2D eigenvalue weighted by Gasteiger charge is -2.36. The third-order valence-electron chi connectivity index (χ3n) is 3.57. The number of nitrogens with one attached hydrogen (secondary N) is 1. The Bertz CT molecular complexity index is 533. The summed E-state index contributed by atoms with van der Waals surface area (Å²) in [7, 11) is 1.64. The first kappa shape index (κ1) is 14.8. The molecule has 0 radical (unpaired) electrons. The van der Waals surface area contributed by atoms with E-state index in [1.165, 1.54) is 0 Å². The standard InChI is InChI=1S/C14H17BrN2O3/c1-16-13(18)12-4-2-3-7-17(12)9-5-6-10(14(19)20)11(15)8-9/h5-6,8,12H,2-4,7H2,1H3,(H,16,18)(H,19,20). The maximum atomic E-state index is 12.0. The van der Waals surface area contributed by atoms with Crippen molar-refractivity contribution in [2.75, 3.05) is 18.5 Å². The van der Waals surface area contributed by atoms with E-state index in [4.69, 9.17) is 5.11 Å². The van der Waals surface area contributed by atoms with Gasteiger partial charge in [0.05, 0.1) is 5.56 Å². The number of nitrogens with zero attached hydrogens (tertiary/aromatic N) is 1. The molecule has 20 heavy (non-hydrogen) atoms. The van der Waals surface area contributed by atoms with Crippen LogP contribution in [0, 0.1) is 0 Å². The number of anilines is 1. The molecule has 2 rings (SSSR count). The van der Waals surface area contributed by atoms with Crippen LogP contribution in [0.1, 0.15) is 29.6 Å². The van der Waals surface area contributed by atoms with Crippen molar-refractivity contribution < 1.29 is 14.7 Å². The molecule has 1 heterocycles. The molecule has 5 nitrogen and oxygen atoms in total. The molecule has 1 unspecified atom stereocenters. The van der Waals surface area contributed by atoms with Crippen molar-refractivity contribution in [3.63, 3.8) is 0 Å². The number of hydrogen-bond donors (Lipinski definition) is 2. The summed E-state index contributed by atoms with van der Waals surface area (Å²) in [4.78, 5) is 25.0. The summed E-state index contributed by atoms with van der Waals surface area (Å²) in [6, 6.07) is 4.91. The molecule has 0 spiro atoms. The van der Waals surface area contributed by atoms with E-state index in [9.17, 15) is 9.59 Å². The van der Waals surface area contributed by atoms with Crippen LogP contribution in [0.4, 0.5) is 5.69 Å². The number of halogens is 1. The van der Waals surface area contributed by atoms with Gasteiger partial charge < -0.3 is 15.3 Å². The zero-order chi connectivity index (χ0) is 14.7. The van der Waals surface area contributed by atoms with E-state index in [1.54, 1.807) is 25.2 Å². The molecule has 1 aliphatic heterocycles. The Morgan fingerprint density at radius 1 is 1.40 bits per heavy atom. The number of benzene rings is 1. The maximum absolute atomic E-state index is 12.0. The number of rotatable bonds is 3. The van der Waals surface area contributed by atoms with Gasteiger partial charge in [0.1, 0.15) is 6.04 Å². The monoisotopic (exact) mass is 340 g/mol. The molecule has 1 saturated heterocycles. The minimum absolute atomic E-state index is 0.00290. The first-order chi connectivity index (χ1) is 9.54. The van der Waals surface area contributed by atoms with Gasteiger partial charge in [-0.05, 0) is 53.4 Å². The van der Waals surface area contributed by atoms with E-state index in [-0.39, 0.29) is 17.5 Å². The van der Waals surface area contributed by atoms with Crippen molar-refractivity contribution in [2.45, 2.75) is 25.3 Å². The molecule has 0 aliphatic carbocycles. The minimum Gasteiger partial charge on any atom is -0.478 e. The first-order valence-corrected chi connectivity index (χ1v) is 7.35. The number of hydrogen-bond acceptors (Lipinski definition) is 3. The maximum Gasteiger partial charge on any atom is 0.336 e. The van der Waals surface area contributed by atoms with Crippen molar-refractivity contribution in [3.8, 4) is 0 Å². The van der Waals surface area contributed by atoms with E-state index < -0.39 is 5.97 Å². The highest BCUT2D eigenvalue weighted by molar-refractivity contribution is 9.10. The molecule has 1 atom stereocenters. The Labute approximate surface area is 126 Å². The van der Waals surface area contributed by atoms with Gasteiger partial charge in [0.25, 0.3) is 0 Å². The Kier molecular flexibility index (Phi) is 4.65. The van der Waals surface area contributed by atoms with Crippen molar-refractivity contribution in [1.82, 2.24) is 5.32 Å². The van der Waals surface area contributed by atoms with E-state index in [0.717, 1.165) is 31.5 Å². The average molecular weight is 341 g/mol. The summed E-state index contributed by atoms with van der Waals surface area (Å²) >= 11 is 3.28. The van der Waals surface area contributed by atoms with Gasteiger partial charge >= 0.3 is 5.97 Å². The van der Waals surface area contributed by atoms with Gasteiger partial charge in [-0.15, -0.1) is 0 Å². The number of carboxylic acids is 1. The average Bonchev–Trinajstić information content (AvgIpc) is 2.46. The molecule has 1 aliphatic rings. The SMILES string of the molecule is CNC(=O)C1CCCCN1c1ccc(C(=O)O)c(Br)c1. The molecule has 1 amide bonds. The highest BCUT2D eigenvalue weighted by Crippen LogP contribution is 2.29. The van der Waals surface area contributed by atoms with Crippen molar-refractivity contribution in [2.24, 2.45) is 0 Å². The molecule has 1 fully saturated rings. The molecule has 0 bridgehead atoms. The Morgan fingerprint density at radius 2 is 2.15 bits per heavy atom. The second-order valence-corrected chi connectivity index (χ2v) is 5.64. The van der Waals surface area contributed by atoms with Crippen LogP contribution in [0.5, 0.6) is 0 Å². The number of amides is 1. The van der Waals surface area contributed by atoms with Gasteiger partial charge in [-0.2, -0.15) is 0 Å². The van der Waals surface area contributed by atoms with Crippen molar-refractivity contribution in [3.05, 3.63) is 28.2 Å². The van der Waals surface area contributed by atoms with Crippen LogP contribution < -0.4 is 10.2 Å². The van der Waals surface area contributed by atoms with Crippen LogP contribution in [0.2, 0.25) is 0 Å². The summed E-state index contributed by atoms with van der Waals surface area (Å²) in [6.45, 7) is 0.803. The first-order valence-electron chi connectivity index (χ1n) is 6.55. The third-order valence-corrected chi connectivity index (χ3v) is 4.22. The lowest BCUT2D eigenvalue weighted by Crippen LogP contribution is -2.48. The van der Waals surface area contributed by atoms with Crippen LogP contribution in [0.25, 0.3) is 0 Å². The molecular formula is C14H17BrN2O3. The molecule has 0 aromatic heterocycles. The summed E-state index contributed by atoms with van der Waals surface area (Å²) in [5.74, 6) is -0.965. The largest absolute Gasteiger partial charge is 0.478 e. The van der Waals surface area contributed by atoms with Crippen LogP contribution in [-0.2, 0) is 4.79 Å². The Balaban J connectivity index is 2.31. The van der Waals surface area contributed by atoms with Gasteiger partial charge in [-0.1, -0.05) is 0 Å². The zero-order valence-electron chi connectivity index (χ0n) is 11.2. The quantitative estimate of drug-likeness (QED) is 0.885. The fourth-order valence-corrected chi connectivity index (χ4v) is 3.07. The normalized spacial score (nSPS) is 18.7. The molecular weight excluding hydrogens is 324 g/mol. The minimum atomic E-state index is -0.968. The molecule has 6 heteroatoms. The van der Waals surface area contributed by atoms with E-state index in [1.807, 2.05) is 4.90 Å². The van der Waals surface area contributed by atoms with Gasteiger partial charge in [-0.3, -0.25) is 4.79 Å². The van der Waals surface area contributed by atoms with Gasteiger partial charge in [0.2, 0.25) is 5.91 Å². The zero-order valence-corrected chi connectivity index (χ0v) is 12.8. The topological polar surface area (TPSA) is 69.6 Å². The fraction of sp³-hybridized carbons (Fsp3) is 0.429. The third kappa shape index (κ3) is 2.95. The Morgan fingerprint density at radius 3 is 2.75 bits per heavy atom. The van der Waals surface area contributed by atoms with E-state index >= 15 is 0 Å². The second kappa shape index (κ2) is 6.26. The van der Waals surface area contributed by atoms with E-state index in [2.05, 4.69) is 21.2 Å². The molecule has 0 saturated carbocycles. The van der Waals surface area contributed by atoms with E-state index in [0.29, 0.717) is 4.47 Å². The molecule has 2 N–H and O–H groups in total. The van der Waals surface area contributed by atoms with Gasteiger partial charge in [0, 0.05) is 23.8 Å². The summed E-state index contributed by atoms with van der Waals surface area (Å²) in [5.41, 5.74) is 1.09. The number of piperidine rings is 1. The predicted octanol–water partition coefficient (Wildman–Crippen LogP) is 2.25. The van der Waals surface area contributed by atoms with Crippen LogP contribution in [0.3, 0.4) is 0 Å². The smallest absolute Gasteiger partial charge is 0.336 e. The number of carbonyl (C=O) groups excluding carboxylic acids is 1. The molecule has 108 valence electrons. The Hall–Kier alpha value is -1.56.